The second-order valence-electron chi connectivity index (χ2n) is 5.15. The lowest BCUT2D eigenvalue weighted by molar-refractivity contribution is -0.383. The highest BCUT2D eigenvalue weighted by atomic mass is 19.4. The van der Waals surface area contributed by atoms with Gasteiger partial charge < -0.3 is 20.1 Å². The molecule has 0 spiro atoms. The van der Waals surface area contributed by atoms with Crippen LogP contribution in [0.1, 0.15) is 6.42 Å². The van der Waals surface area contributed by atoms with Crippen molar-refractivity contribution in [2.45, 2.75) is 12.8 Å². The zero-order valence-electron chi connectivity index (χ0n) is 14.1. The first-order chi connectivity index (χ1) is 12.8. The highest BCUT2D eigenvalue weighted by Gasteiger charge is 2.31. The molecule has 0 saturated carbocycles. The Kier molecular flexibility index (Phi) is 6.71. The van der Waals surface area contributed by atoms with E-state index < -0.39 is 17.0 Å². The fraction of sp³-hybridized carbons (Fsp3) is 0.333. The predicted molar refractivity (Wildman–Crippen MR) is 90.1 cm³/mol. The molecule has 0 amide bonds. The Balaban J connectivity index is 2.16. The third-order valence-corrected chi connectivity index (χ3v) is 3.17. The minimum Gasteiger partial charge on any atom is -0.406 e. The van der Waals surface area contributed by atoms with Crippen molar-refractivity contribution in [2.75, 3.05) is 30.9 Å². The summed E-state index contributed by atoms with van der Waals surface area (Å²) in [6.07, 6.45) is -3.06. The summed E-state index contributed by atoms with van der Waals surface area (Å²) in [5, 5.41) is 16.9. The van der Waals surface area contributed by atoms with E-state index in [1.165, 1.54) is 12.1 Å². The molecule has 0 radical (unpaired) electrons. The van der Waals surface area contributed by atoms with Crippen LogP contribution in [0.3, 0.4) is 0 Å². The summed E-state index contributed by atoms with van der Waals surface area (Å²) in [5.74, 6) is -0.495. The molecule has 146 valence electrons. The van der Waals surface area contributed by atoms with E-state index >= 15 is 0 Å². The normalized spacial score (nSPS) is 11.1. The van der Waals surface area contributed by atoms with E-state index in [0.717, 1.165) is 18.5 Å². The molecule has 2 N–H and O–H groups in total. The van der Waals surface area contributed by atoms with Crippen LogP contribution < -0.4 is 15.4 Å². The molecule has 1 aromatic carbocycles. The first kappa shape index (κ1) is 20.2. The predicted octanol–water partition coefficient (Wildman–Crippen LogP) is 3.48. The molecule has 2 rings (SSSR count). The lowest BCUT2D eigenvalue weighted by atomic mass is 10.3. The molecular weight excluding hydrogens is 371 g/mol. The van der Waals surface area contributed by atoms with Gasteiger partial charge >= 0.3 is 12.0 Å². The van der Waals surface area contributed by atoms with Crippen LogP contribution >= 0.6 is 0 Å². The average Bonchev–Trinajstić information content (AvgIpc) is 2.59. The summed E-state index contributed by atoms with van der Waals surface area (Å²) in [7, 11) is 1.54. The van der Waals surface area contributed by atoms with Gasteiger partial charge in [0.15, 0.2) is 0 Å². The molecule has 0 aliphatic heterocycles. The maximum atomic E-state index is 12.2. The van der Waals surface area contributed by atoms with Crippen molar-refractivity contribution in [1.29, 1.82) is 0 Å². The molecular formula is C15H16F3N5O4. The van der Waals surface area contributed by atoms with Gasteiger partial charge in [0.2, 0.25) is 11.6 Å². The number of nitrogens with zero attached hydrogens (tertiary/aromatic N) is 3. The van der Waals surface area contributed by atoms with Crippen LogP contribution in [0.2, 0.25) is 0 Å². The fourth-order valence-corrected chi connectivity index (χ4v) is 2.07. The van der Waals surface area contributed by atoms with Crippen LogP contribution in [-0.4, -0.2) is 41.5 Å². The number of rotatable bonds is 9. The van der Waals surface area contributed by atoms with Gasteiger partial charge in [-0.1, -0.05) is 0 Å². The minimum absolute atomic E-state index is 0.0191. The van der Waals surface area contributed by atoms with Gasteiger partial charge in [-0.15, -0.1) is 13.2 Å². The van der Waals surface area contributed by atoms with E-state index in [-0.39, 0.29) is 23.0 Å². The van der Waals surface area contributed by atoms with Crippen LogP contribution in [0.5, 0.6) is 5.75 Å². The number of aromatic nitrogens is 2. The zero-order chi connectivity index (χ0) is 19.9. The molecule has 27 heavy (non-hydrogen) atoms. The van der Waals surface area contributed by atoms with Gasteiger partial charge in [-0.25, -0.2) is 9.97 Å². The molecule has 0 aliphatic carbocycles. The minimum atomic E-state index is -4.80. The van der Waals surface area contributed by atoms with Crippen molar-refractivity contribution in [2.24, 2.45) is 0 Å². The smallest absolute Gasteiger partial charge is 0.406 e. The molecule has 12 heteroatoms. The van der Waals surface area contributed by atoms with Gasteiger partial charge in [0.25, 0.3) is 0 Å². The first-order valence-electron chi connectivity index (χ1n) is 7.65. The Morgan fingerprint density at radius 2 is 1.85 bits per heavy atom. The van der Waals surface area contributed by atoms with Crippen LogP contribution in [0.4, 0.5) is 36.2 Å². The zero-order valence-corrected chi connectivity index (χ0v) is 14.1. The molecule has 9 nitrogen and oxygen atoms in total. The molecule has 1 aromatic heterocycles. The molecule has 0 atom stereocenters. The Labute approximate surface area is 151 Å². The topological polar surface area (TPSA) is 111 Å². The SMILES string of the molecule is COCCCNc1ncnc(Nc2ccc(OC(F)(F)F)cc2)c1[N+](=O)[O-]. The van der Waals surface area contributed by atoms with Gasteiger partial charge in [-0.05, 0) is 30.7 Å². The molecule has 0 aliphatic rings. The van der Waals surface area contributed by atoms with Crippen LogP contribution in [0.15, 0.2) is 30.6 Å². The Bertz CT molecular complexity index is 771. The molecule has 2 aromatic rings. The van der Waals surface area contributed by atoms with E-state index in [2.05, 4.69) is 25.3 Å². The number of benzene rings is 1. The monoisotopic (exact) mass is 387 g/mol. The van der Waals surface area contributed by atoms with Crippen molar-refractivity contribution >= 4 is 23.0 Å². The van der Waals surface area contributed by atoms with Gasteiger partial charge in [0, 0.05) is 25.9 Å². The van der Waals surface area contributed by atoms with E-state index in [9.17, 15) is 23.3 Å². The summed E-state index contributed by atoms with van der Waals surface area (Å²) in [6.45, 7) is 0.873. The van der Waals surface area contributed by atoms with Gasteiger partial charge in [0.1, 0.15) is 12.1 Å². The van der Waals surface area contributed by atoms with Gasteiger partial charge in [-0.3, -0.25) is 10.1 Å². The second kappa shape index (κ2) is 8.98. The lowest BCUT2D eigenvalue weighted by Crippen LogP contribution is -2.17. The number of hydrogen-bond acceptors (Lipinski definition) is 8. The number of hydrogen-bond donors (Lipinski definition) is 2. The van der Waals surface area contributed by atoms with Crippen molar-refractivity contribution in [1.82, 2.24) is 9.97 Å². The third kappa shape index (κ3) is 6.26. The maximum Gasteiger partial charge on any atom is 0.573 e. The van der Waals surface area contributed by atoms with Crippen molar-refractivity contribution < 1.29 is 27.6 Å². The van der Waals surface area contributed by atoms with E-state index in [0.29, 0.717) is 19.6 Å². The van der Waals surface area contributed by atoms with Crippen molar-refractivity contribution in [3.63, 3.8) is 0 Å². The van der Waals surface area contributed by atoms with Gasteiger partial charge in [-0.2, -0.15) is 0 Å². The van der Waals surface area contributed by atoms with Crippen LogP contribution in [0, 0.1) is 10.1 Å². The fourth-order valence-electron chi connectivity index (χ4n) is 2.07. The standard InChI is InChI=1S/C15H16F3N5O4/c1-26-8-2-7-19-13-12(23(24)25)14(21-9-20-13)22-10-3-5-11(6-4-10)27-15(16,17)18/h3-6,9H,2,7-8H2,1H3,(H2,19,20,21,22). The Morgan fingerprint density at radius 3 is 2.44 bits per heavy atom. The highest BCUT2D eigenvalue weighted by Crippen LogP contribution is 2.32. The Morgan fingerprint density at radius 1 is 1.19 bits per heavy atom. The quantitative estimate of drug-likeness (QED) is 0.382. The second-order valence-corrected chi connectivity index (χ2v) is 5.15. The maximum absolute atomic E-state index is 12.2. The summed E-state index contributed by atoms with van der Waals surface area (Å²) in [5.41, 5.74) is -0.0952. The van der Waals surface area contributed by atoms with Crippen molar-refractivity contribution in [3.8, 4) is 5.75 Å². The molecule has 1 heterocycles. The first-order valence-corrected chi connectivity index (χ1v) is 7.65. The molecule has 0 fully saturated rings. The number of nitro groups is 1. The third-order valence-electron chi connectivity index (χ3n) is 3.17. The number of alkyl halides is 3. The average molecular weight is 387 g/mol. The number of nitrogens with one attached hydrogen (secondary N) is 2. The number of anilines is 3. The van der Waals surface area contributed by atoms with E-state index in [1.807, 2.05) is 0 Å². The summed E-state index contributed by atoms with van der Waals surface area (Å²) in [6, 6.07) is 4.71. The number of ether oxygens (including phenoxy) is 2. The van der Waals surface area contributed by atoms with E-state index in [4.69, 9.17) is 4.74 Å². The number of methoxy groups -OCH3 is 1. The highest BCUT2D eigenvalue weighted by molar-refractivity contribution is 5.73. The molecule has 0 bridgehead atoms. The molecule has 0 unspecified atom stereocenters. The summed E-state index contributed by atoms with van der Waals surface area (Å²) >= 11 is 0. The summed E-state index contributed by atoms with van der Waals surface area (Å²) < 4.78 is 45.2. The largest absolute Gasteiger partial charge is 0.573 e. The molecule has 0 saturated heterocycles. The Hall–Kier alpha value is -3.15. The van der Waals surface area contributed by atoms with Crippen LogP contribution in [-0.2, 0) is 4.74 Å². The van der Waals surface area contributed by atoms with Crippen molar-refractivity contribution in [3.05, 3.63) is 40.7 Å². The number of halogens is 3. The van der Waals surface area contributed by atoms with Gasteiger partial charge in [0.05, 0.1) is 4.92 Å². The van der Waals surface area contributed by atoms with E-state index in [1.54, 1.807) is 7.11 Å². The summed E-state index contributed by atoms with van der Waals surface area (Å²) in [4.78, 5) is 18.5. The lowest BCUT2D eigenvalue weighted by Gasteiger charge is -2.11. The van der Waals surface area contributed by atoms with Crippen LogP contribution in [0.25, 0.3) is 0 Å².